The molecule has 1 aromatic rings. The van der Waals surface area contributed by atoms with Crippen molar-refractivity contribution in [1.82, 2.24) is 4.90 Å². The molecule has 2 fully saturated rings. The molecule has 3 rings (SSSR count). The number of aliphatic hydroxyl groups excluding tert-OH is 1. The van der Waals surface area contributed by atoms with E-state index >= 15 is 0 Å². The summed E-state index contributed by atoms with van der Waals surface area (Å²) >= 11 is 0. The predicted molar refractivity (Wildman–Crippen MR) is 100 cm³/mol. The average Bonchev–Trinajstić information content (AvgIpc) is 3.11. The molecule has 2 N–H and O–H groups in total. The second kappa shape index (κ2) is 9.22. The van der Waals surface area contributed by atoms with E-state index in [0.29, 0.717) is 24.0 Å². The van der Waals surface area contributed by atoms with Gasteiger partial charge >= 0.3 is 5.97 Å². The van der Waals surface area contributed by atoms with Crippen molar-refractivity contribution in [2.75, 3.05) is 26.3 Å². The number of carbonyl (C=O) groups excluding carboxylic acids is 1. The first-order valence-electron chi connectivity index (χ1n) is 9.90. The Labute approximate surface area is 160 Å². The highest BCUT2D eigenvalue weighted by molar-refractivity contribution is 5.82. The van der Waals surface area contributed by atoms with Crippen LogP contribution in [0.3, 0.4) is 0 Å². The number of carbonyl (C=O) groups is 2. The van der Waals surface area contributed by atoms with Crippen LogP contribution in [0.25, 0.3) is 0 Å². The minimum atomic E-state index is -0.930. The predicted octanol–water partition coefficient (Wildman–Crippen LogP) is 2.34. The number of aliphatic carboxylic acids is 1. The zero-order valence-corrected chi connectivity index (χ0v) is 15.7. The number of rotatable bonds is 8. The summed E-state index contributed by atoms with van der Waals surface area (Å²) in [6.45, 7) is 1.77. The van der Waals surface area contributed by atoms with Gasteiger partial charge in [0, 0.05) is 19.5 Å². The van der Waals surface area contributed by atoms with Gasteiger partial charge in [-0.1, -0.05) is 25.0 Å². The van der Waals surface area contributed by atoms with Gasteiger partial charge in [0.05, 0.1) is 12.5 Å². The van der Waals surface area contributed by atoms with Crippen molar-refractivity contribution in [1.29, 1.82) is 0 Å². The average molecular weight is 375 g/mol. The molecule has 1 saturated heterocycles. The Balaban J connectivity index is 1.55. The van der Waals surface area contributed by atoms with E-state index in [0.717, 1.165) is 18.7 Å². The molecule has 148 valence electrons. The van der Waals surface area contributed by atoms with Crippen LogP contribution in [0.1, 0.15) is 37.7 Å². The Morgan fingerprint density at radius 3 is 2.30 bits per heavy atom. The Kier molecular flexibility index (Phi) is 6.72. The van der Waals surface area contributed by atoms with Gasteiger partial charge in [-0.15, -0.1) is 0 Å². The van der Waals surface area contributed by atoms with Crippen molar-refractivity contribution in [2.45, 2.75) is 38.5 Å². The van der Waals surface area contributed by atoms with E-state index in [1.54, 1.807) is 12.1 Å². The number of ether oxygens (including phenoxy) is 1. The van der Waals surface area contributed by atoms with E-state index in [2.05, 4.69) is 0 Å². The minimum Gasteiger partial charge on any atom is -0.491 e. The van der Waals surface area contributed by atoms with E-state index in [4.69, 9.17) is 9.84 Å². The molecule has 1 unspecified atom stereocenters. The van der Waals surface area contributed by atoms with Gasteiger partial charge in [0.2, 0.25) is 5.91 Å². The van der Waals surface area contributed by atoms with Crippen LogP contribution in [0.15, 0.2) is 24.3 Å². The third kappa shape index (κ3) is 5.22. The molecule has 27 heavy (non-hydrogen) atoms. The lowest BCUT2D eigenvalue weighted by molar-refractivity contribution is -0.145. The normalized spacial score (nSPS) is 22.9. The number of benzene rings is 1. The van der Waals surface area contributed by atoms with Crippen molar-refractivity contribution < 1.29 is 24.5 Å². The summed E-state index contributed by atoms with van der Waals surface area (Å²) in [5, 5.41) is 18.4. The van der Waals surface area contributed by atoms with Crippen molar-refractivity contribution in [3.05, 3.63) is 29.8 Å². The van der Waals surface area contributed by atoms with Crippen molar-refractivity contribution in [3.63, 3.8) is 0 Å². The molecule has 2 aliphatic rings. The van der Waals surface area contributed by atoms with Gasteiger partial charge in [0.25, 0.3) is 0 Å². The van der Waals surface area contributed by atoms with Crippen LogP contribution in [0, 0.1) is 17.8 Å². The van der Waals surface area contributed by atoms with Crippen LogP contribution < -0.4 is 4.74 Å². The SMILES string of the molecule is O=C(O)C(CC(=O)N1C[C@H]2CCCC[C@H]2C1)Cc1ccc(OCCO)cc1. The molecule has 1 saturated carbocycles. The van der Waals surface area contributed by atoms with E-state index < -0.39 is 11.9 Å². The van der Waals surface area contributed by atoms with Crippen LogP contribution in [-0.2, 0) is 16.0 Å². The fourth-order valence-corrected chi connectivity index (χ4v) is 4.37. The van der Waals surface area contributed by atoms with E-state index in [1.807, 2.05) is 17.0 Å². The van der Waals surface area contributed by atoms with Crippen LogP contribution in [-0.4, -0.2) is 53.3 Å². The maximum atomic E-state index is 12.7. The Morgan fingerprint density at radius 2 is 1.74 bits per heavy atom. The second-order valence-electron chi connectivity index (χ2n) is 7.76. The quantitative estimate of drug-likeness (QED) is 0.728. The van der Waals surface area contributed by atoms with Gasteiger partial charge < -0.3 is 19.8 Å². The Morgan fingerprint density at radius 1 is 1.11 bits per heavy atom. The summed E-state index contributed by atoms with van der Waals surface area (Å²) in [6, 6.07) is 7.16. The first-order valence-corrected chi connectivity index (χ1v) is 9.90. The summed E-state index contributed by atoms with van der Waals surface area (Å²) < 4.78 is 5.31. The topological polar surface area (TPSA) is 87.1 Å². The largest absolute Gasteiger partial charge is 0.491 e. The summed E-state index contributed by atoms with van der Waals surface area (Å²) in [4.78, 5) is 26.3. The summed E-state index contributed by atoms with van der Waals surface area (Å²) in [7, 11) is 0. The Hall–Kier alpha value is -2.08. The number of likely N-dealkylation sites (tertiary alicyclic amines) is 1. The third-order valence-electron chi connectivity index (χ3n) is 5.86. The summed E-state index contributed by atoms with van der Waals surface area (Å²) in [5.74, 6) is 0.176. The Bertz CT molecular complexity index is 630. The molecule has 6 heteroatoms. The highest BCUT2D eigenvalue weighted by atomic mass is 16.5. The molecule has 0 spiro atoms. The molecule has 1 amide bonds. The molecule has 3 atom stereocenters. The summed E-state index contributed by atoms with van der Waals surface area (Å²) in [6.07, 6.45) is 5.26. The number of hydrogen-bond donors (Lipinski definition) is 2. The van der Waals surface area contributed by atoms with Gasteiger partial charge in [-0.2, -0.15) is 0 Å². The van der Waals surface area contributed by atoms with Gasteiger partial charge in [-0.25, -0.2) is 0 Å². The number of nitrogens with zero attached hydrogens (tertiary/aromatic N) is 1. The number of hydrogen-bond acceptors (Lipinski definition) is 4. The van der Waals surface area contributed by atoms with Gasteiger partial charge in [0.15, 0.2) is 0 Å². The molecule has 1 aliphatic heterocycles. The smallest absolute Gasteiger partial charge is 0.307 e. The fourth-order valence-electron chi connectivity index (χ4n) is 4.37. The molecule has 0 bridgehead atoms. The maximum Gasteiger partial charge on any atom is 0.307 e. The van der Waals surface area contributed by atoms with Crippen molar-refractivity contribution >= 4 is 11.9 Å². The lowest BCUT2D eigenvalue weighted by Gasteiger charge is -2.22. The van der Waals surface area contributed by atoms with Crippen LogP contribution >= 0.6 is 0 Å². The fraction of sp³-hybridized carbons (Fsp3) is 0.619. The van der Waals surface area contributed by atoms with Gasteiger partial charge in [0.1, 0.15) is 12.4 Å². The number of carboxylic acid groups (broad SMARTS) is 1. The van der Waals surface area contributed by atoms with E-state index in [9.17, 15) is 14.7 Å². The lowest BCUT2D eigenvalue weighted by Crippen LogP contribution is -2.33. The number of carboxylic acids is 1. The molecule has 0 aromatic heterocycles. The van der Waals surface area contributed by atoms with Crippen LogP contribution in [0.2, 0.25) is 0 Å². The standard InChI is InChI=1S/C21H29NO5/c23-9-10-27-19-7-5-15(6-8-19)11-18(21(25)26)12-20(24)22-13-16-3-1-2-4-17(16)14-22/h5-8,16-18,23H,1-4,9-14H2,(H,25,26)/t16-,17+,18?. The molecular formula is C21H29NO5. The molecule has 6 nitrogen and oxygen atoms in total. The third-order valence-corrected chi connectivity index (χ3v) is 5.86. The zero-order valence-electron chi connectivity index (χ0n) is 15.7. The van der Waals surface area contributed by atoms with Crippen molar-refractivity contribution in [2.24, 2.45) is 17.8 Å². The molecule has 1 aliphatic carbocycles. The lowest BCUT2D eigenvalue weighted by atomic mass is 9.82. The first kappa shape index (κ1) is 19.7. The van der Waals surface area contributed by atoms with Crippen LogP contribution in [0.4, 0.5) is 0 Å². The number of amides is 1. The minimum absolute atomic E-state index is 0.0281. The summed E-state index contributed by atoms with van der Waals surface area (Å²) in [5.41, 5.74) is 0.863. The van der Waals surface area contributed by atoms with E-state index in [1.165, 1.54) is 25.7 Å². The zero-order chi connectivity index (χ0) is 19.2. The number of aliphatic hydroxyl groups is 1. The van der Waals surface area contributed by atoms with Crippen LogP contribution in [0.5, 0.6) is 5.75 Å². The molecule has 0 radical (unpaired) electrons. The molecule has 1 heterocycles. The first-order chi connectivity index (χ1) is 13.1. The molecule has 1 aromatic carbocycles. The highest BCUT2D eigenvalue weighted by Crippen LogP contribution is 2.36. The molecular weight excluding hydrogens is 346 g/mol. The van der Waals surface area contributed by atoms with Crippen molar-refractivity contribution in [3.8, 4) is 5.75 Å². The van der Waals surface area contributed by atoms with Gasteiger partial charge in [-0.3, -0.25) is 9.59 Å². The monoisotopic (exact) mass is 375 g/mol. The second-order valence-corrected chi connectivity index (χ2v) is 7.76. The number of fused-ring (bicyclic) bond motifs is 1. The highest BCUT2D eigenvalue weighted by Gasteiger charge is 2.37. The van der Waals surface area contributed by atoms with Gasteiger partial charge in [-0.05, 0) is 48.8 Å². The van der Waals surface area contributed by atoms with E-state index in [-0.39, 0.29) is 25.5 Å². The maximum absolute atomic E-state index is 12.7.